The highest BCUT2D eigenvalue weighted by Crippen LogP contribution is 2.35. The van der Waals surface area contributed by atoms with Crippen LogP contribution in [0.5, 0.6) is 5.75 Å². The first kappa shape index (κ1) is 25.0. The predicted octanol–water partition coefficient (Wildman–Crippen LogP) is 6.23. The topological polar surface area (TPSA) is 72.9 Å². The van der Waals surface area contributed by atoms with E-state index >= 15 is 0 Å². The van der Waals surface area contributed by atoms with Gasteiger partial charge < -0.3 is 9.47 Å². The van der Waals surface area contributed by atoms with Crippen LogP contribution in [0.4, 0.5) is 4.79 Å². The first-order valence-electron chi connectivity index (χ1n) is 10.4. The van der Waals surface area contributed by atoms with E-state index < -0.39 is 17.1 Å². The summed E-state index contributed by atoms with van der Waals surface area (Å²) in [5.41, 5.74) is 1.85. The number of nitrogens with zero attached hydrogens (tertiary/aromatic N) is 1. The molecule has 0 aliphatic carbocycles. The Hall–Kier alpha value is -2.12. The molecule has 0 saturated carbocycles. The van der Waals surface area contributed by atoms with Crippen molar-refractivity contribution in [3.63, 3.8) is 0 Å². The van der Waals surface area contributed by atoms with Crippen molar-refractivity contribution in [2.24, 2.45) is 0 Å². The first-order valence-corrected chi connectivity index (χ1v) is 13.3. The summed E-state index contributed by atoms with van der Waals surface area (Å²) in [4.78, 5) is 37.7. The van der Waals surface area contributed by atoms with E-state index in [0.29, 0.717) is 6.61 Å². The van der Waals surface area contributed by atoms with Gasteiger partial charge in [-0.3, -0.25) is 19.3 Å². The number of esters is 1. The fourth-order valence-electron chi connectivity index (χ4n) is 3.41. The molecular weight excluding hydrogens is 680 g/mol. The van der Waals surface area contributed by atoms with Crippen molar-refractivity contribution >= 4 is 90.9 Å². The van der Waals surface area contributed by atoms with Crippen molar-refractivity contribution in [1.82, 2.24) is 4.90 Å². The molecule has 9 heteroatoms. The second-order valence-corrected chi connectivity index (χ2v) is 10.7. The Bertz CT molecular complexity index is 1300. The lowest BCUT2D eigenvalue weighted by Gasteiger charge is -2.12. The quantitative estimate of drug-likeness (QED) is 0.166. The minimum Gasteiger partial charge on any atom is -0.487 e. The molecule has 1 aliphatic heterocycles. The van der Waals surface area contributed by atoms with E-state index in [2.05, 4.69) is 75.5 Å². The van der Waals surface area contributed by atoms with Gasteiger partial charge in [0.15, 0.2) is 0 Å². The van der Waals surface area contributed by atoms with Gasteiger partial charge in [0.05, 0.1) is 18.7 Å². The number of thioether (sulfide) groups is 1. The number of ether oxygens (including phenoxy) is 2. The number of amides is 2. The van der Waals surface area contributed by atoms with Crippen LogP contribution < -0.4 is 4.74 Å². The van der Waals surface area contributed by atoms with Crippen molar-refractivity contribution < 1.29 is 23.9 Å². The molecule has 0 unspecified atom stereocenters. The zero-order valence-electron chi connectivity index (χ0n) is 18.0. The summed E-state index contributed by atoms with van der Waals surface area (Å²) < 4.78 is 12.8. The Morgan fingerprint density at radius 3 is 2.44 bits per heavy atom. The zero-order valence-corrected chi connectivity index (χ0v) is 23.2. The molecule has 0 aromatic heterocycles. The Kier molecular flexibility index (Phi) is 8.14. The Morgan fingerprint density at radius 1 is 1.03 bits per heavy atom. The molecule has 1 fully saturated rings. The Morgan fingerprint density at radius 2 is 1.74 bits per heavy atom. The number of imide groups is 1. The van der Waals surface area contributed by atoms with E-state index in [9.17, 15) is 14.4 Å². The fraction of sp³-hybridized carbons (Fsp3) is 0.160. The molecule has 2 amide bonds. The van der Waals surface area contributed by atoms with Gasteiger partial charge in [0.1, 0.15) is 18.9 Å². The van der Waals surface area contributed by atoms with Gasteiger partial charge in [-0.2, -0.15) is 0 Å². The SMILES string of the molecule is CCOC(=O)CN1C(=O)S/C(=C/c2cc(I)c(OCc3ccc4ccccc4c3)c(I)c2)C1=O. The smallest absolute Gasteiger partial charge is 0.326 e. The molecule has 0 spiro atoms. The van der Waals surface area contributed by atoms with Gasteiger partial charge in [0.25, 0.3) is 11.1 Å². The number of carbonyl (C=O) groups is 3. The monoisotopic (exact) mass is 699 g/mol. The second-order valence-electron chi connectivity index (χ2n) is 7.36. The fourth-order valence-corrected chi connectivity index (χ4v) is 6.37. The lowest BCUT2D eigenvalue weighted by atomic mass is 10.1. The van der Waals surface area contributed by atoms with Crippen LogP contribution in [0.15, 0.2) is 59.5 Å². The lowest BCUT2D eigenvalue weighted by molar-refractivity contribution is -0.145. The summed E-state index contributed by atoms with van der Waals surface area (Å²) in [6.07, 6.45) is 1.66. The number of rotatable bonds is 7. The van der Waals surface area contributed by atoms with Gasteiger partial charge in [0, 0.05) is 0 Å². The summed E-state index contributed by atoms with van der Waals surface area (Å²) in [6, 6.07) is 18.3. The van der Waals surface area contributed by atoms with Crippen molar-refractivity contribution in [1.29, 1.82) is 0 Å². The van der Waals surface area contributed by atoms with Crippen LogP contribution in [0.3, 0.4) is 0 Å². The average Bonchev–Trinajstić information content (AvgIpc) is 3.06. The lowest BCUT2D eigenvalue weighted by Crippen LogP contribution is -2.34. The van der Waals surface area contributed by atoms with Crippen LogP contribution in [-0.2, 0) is 20.9 Å². The minimum absolute atomic E-state index is 0.192. The molecule has 6 nitrogen and oxygen atoms in total. The van der Waals surface area contributed by atoms with Gasteiger partial charge in [-0.05, 0) is 110 Å². The third-order valence-electron chi connectivity index (χ3n) is 4.98. The Balaban J connectivity index is 1.48. The maximum Gasteiger partial charge on any atom is 0.326 e. The molecule has 0 bridgehead atoms. The third kappa shape index (κ3) is 5.74. The van der Waals surface area contributed by atoms with E-state index in [1.165, 1.54) is 10.8 Å². The third-order valence-corrected chi connectivity index (χ3v) is 7.49. The number of carbonyl (C=O) groups excluding carboxylic acids is 3. The van der Waals surface area contributed by atoms with Crippen molar-refractivity contribution in [2.45, 2.75) is 13.5 Å². The maximum atomic E-state index is 12.6. The maximum absolute atomic E-state index is 12.6. The van der Waals surface area contributed by atoms with Crippen LogP contribution in [0, 0.1) is 7.14 Å². The zero-order chi connectivity index (χ0) is 24.2. The van der Waals surface area contributed by atoms with Gasteiger partial charge in [-0.15, -0.1) is 0 Å². The van der Waals surface area contributed by atoms with E-state index in [1.807, 2.05) is 24.3 Å². The second kappa shape index (κ2) is 11.1. The van der Waals surface area contributed by atoms with Crippen LogP contribution >= 0.6 is 56.9 Å². The van der Waals surface area contributed by atoms with Crippen LogP contribution in [-0.4, -0.2) is 35.2 Å². The summed E-state index contributed by atoms with van der Waals surface area (Å²) in [6.45, 7) is 1.91. The van der Waals surface area contributed by atoms with Gasteiger partial charge >= 0.3 is 5.97 Å². The summed E-state index contributed by atoms with van der Waals surface area (Å²) >= 11 is 5.22. The normalized spacial score (nSPS) is 14.8. The van der Waals surface area contributed by atoms with Gasteiger partial charge in [0.2, 0.25) is 0 Å². The predicted molar refractivity (Wildman–Crippen MR) is 149 cm³/mol. The molecule has 0 N–H and O–H groups in total. The first-order chi connectivity index (χ1) is 16.4. The van der Waals surface area contributed by atoms with Crippen LogP contribution in [0.2, 0.25) is 0 Å². The summed E-state index contributed by atoms with van der Waals surface area (Å²) in [5, 5.41) is 1.87. The molecular formula is C25H19I2NO5S. The Labute approximate surface area is 228 Å². The molecule has 174 valence electrons. The summed E-state index contributed by atoms with van der Waals surface area (Å²) in [7, 11) is 0. The van der Waals surface area contributed by atoms with Crippen molar-refractivity contribution in [2.75, 3.05) is 13.2 Å². The highest BCUT2D eigenvalue weighted by Gasteiger charge is 2.36. The number of hydrogen-bond acceptors (Lipinski definition) is 6. The molecule has 3 aromatic rings. The number of fused-ring (bicyclic) bond motifs is 1. The van der Waals surface area contributed by atoms with Crippen molar-refractivity contribution in [3.05, 3.63) is 77.8 Å². The standard InChI is InChI=1S/C25H19I2NO5S/c1-2-32-22(29)13-28-24(30)21(34-25(28)31)12-16-10-19(26)23(20(27)11-16)33-14-15-7-8-17-5-3-4-6-18(17)9-15/h3-12H,2,13-14H2,1H3/b21-12+. The van der Waals surface area contributed by atoms with Crippen LogP contribution in [0.25, 0.3) is 16.8 Å². The number of hydrogen-bond donors (Lipinski definition) is 0. The number of benzene rings is 3. The minimum atomic E-state index is -0.608. The molecule has 1 heterocycles. The summed E-state index contributed by atoms with van der Waals surface area (Å²) in [5.74, 6) is -0.338. The molecule has 1 aliphatic rings. The van der Waals surface area contributed by atoms with E-state index in [-0.39, 0.29) is 18.1 Å². The molecule has 4 rings (SSSR count). The molecule has 0 atom stereocenters. The van der Waals surface area contributed by atoms with E-state index in [1.54, 1.807) is 13.0 Å². The molecule has 0 radical (unpaired) electrons. The highest BCUT2D eigenvalue weighted by atomic mass is 127. The van der Waals surface area contributed by atoms with Crippen molar-refractivity contribution in [3.8, 4) is 5.75 Å². The molecule has 1 saturated heterocycles. The largest absolute Gasteiger partial charge is 0.487 e. The van der Waals surface area contributed by atoms with E-state index in [4.69, 9.17) is 9.47 Å². The molecule has 3 aromatic carbocycles. The van der Waals surface area contributed by atoms with Crippen LogP contribution in [0.1, 0.15) is 18.1 Å². The average molecular weight is 699 g/mol. The highest BCUT2D eigenvalue weighted by molar-refractivity contribution is 14.1. The molecule has 34 heavy (non-hydrogen) atoms. The number of halogens is 2. The van der Waals surface area contributed by atoms with E-state index in [0.717, 1.165) is 40.7 Å². The van der Waals surface area contributed by atoms with Gasteiger partial charge in [-0.25, -0.2) is 0 Å². The van der Waals surface area contributed by atoms with Gasteiger partial charge in [-0.1, -0.05) is 36.4 Å².